The van der Waals surface area contributed by atoms with Gasteiger partial charge in [0.25, 0.3) is 11.9 Å². The first kappa shape index (κ1) is 21.1. The normalized spacial score (nSPS) is 20.1. The number of carbonyl (C=O) groups is 2. The minimum Gasteiger partial charge on any atom is -0.459 e. The van der Waals surface area contributed by atoms with E-state index in [1.54, 1.807) is 6.92 Å². The molecule has 3 rings (SSSR count). The van der Waals surface area contributed by atoms with Crippen LogP contribution in [0.2, 0.25) is 0 Å². The first-order valence-corrected chi connectivity index (χ1v) is 8.68. The van der Waals surface area contributed by atoms with Gasteiger partial charge in [-0.3, -0.25) is 9.59 Å². The zero-order valence-electron chi connectivity index (χ0n) is 15.9. The van der Waals surface area contributed by atoms with Crippen LogP contribution in [-0.2, 0) is 21.5 Å². The monoisotopic (exact) mass is 426 g/mol. The number of carbonyl (C=O) groups excluding carboxylic acids is 2. The Bertz CT molecular complexity index is 1020. The van der Waals surface area contributed by atoms with Gasteiger partial charge in [0.1, 0.15) is 11.6 Å². The largest absolute Gasteiger partial charge is 0.459 e. The number of aliphatic imine (C=N–C) groups is 1. The second kappa shape index (κ2) is 7.69. The lowest BCUT2D eigenvalue weighted by molar-refractivity contribution is -0.122. The van der Waals surface area contributed by atoms with Crippen molar-refractivity contribution in [3.8, 4) is 6.08 Å². The predicted molar refractivity (Wildman–Crippen MR) is 96.8 cm³/mol. The summed E-state index contributed by atoms with van der Waals surface area (Å²) in [4.78, 5) is 30.4. The average molecular weight is 426 g/mol. The molecule has 30 heavy (non-hydrogen) atoms. The minimum atomic E-state index is -3.57. The van der Waals surface area contributed by atoms with E-state index in [0.29, 0.717) is 0 Å². The predicted octanol–water partition coefficient (Wildman–Crippen LogP) is 2.36. The summed E-state index contributed by atoms with van der Waals surface area (Å²) in [6.45, 7) is 1.70. The zero-order valence-corrected chi connectivity index (χ0v) is 15.9. The minimum absolute atomic E-state index is 0.00315. The summed E-state index contributed by atoms with van der Waals surface area (Å²) in [6.07, 6.45) is -0.170. The van der Waals surface area contributed by atoms with Crippen molar-refractivity contribution in [2.45, 2.75) is 31.7 Å². The summed E-state index contributed by atoms with van der Waals surface area (Å²) in [7, 11) is 0. The Hall–Kier alpha value is -3.57. The number of anilines is 1. The Labute approximate surface area is 168 Å². The van der Waals surface area contributed by atoms with Crippen LogP contribution >= 0.6 is 0 Å². The van der Waals surface area contributed by atoms with Crippen molar-refractivity contribution in [1.29, 1.82) is 0 Å². The molecule has 3 N–H and O–H groups in total. The van der Waals surface area contributed by atoms with E-state index in [0.717, 1.165) is 19.1 Å². The van der Waals surface area contributed by atoms with E-state index in [1.165, 1.54) is 6.07 Å². The molecule has 12 heteroatoms. The number of nitrogens with one attached hydrogen (secondary N) is 1. The second-order valence-electron chi connectivity index (χ2n) is 6.48. The van der Waals surface area contributed by atoms with Gasteiger partial charge >= 0.3 is 18.5 Å². The van der Waals surface area contributed by atoms with Crippen LogP contribution in [-0.4, -0.2) is 35.9 Å². The summed E-state index contributed by atoms with van der Waals surface area (Å²) in [5, 5.41) is 2.42. The van der Waals surface area contributed by atoms with E-state index < -0.39 is 47.5 Å². The van der Waals surface area contributed by atoms with Crippen molar-refractivity contribution >= 4 is 24.1 Å². The van der Waals surface area contributed by atoms with Gasteiger partial charge < -0.3 is 24.9 Å². The number of amides is 1. The lowest BCUT2D eigenvalue weighted by atomic mass is 9.85. The molecule has 0 saturated carbocycles. The molecule has 1 amide bonds. The van der Waals surface area contributed by atoms with Crippen molar-refractivity contribution in [3.05, 3.63) is 41.0 Å². The molecule has 1 aliphatic heterocycles. The van der Waals surface area contributed by atoms with Crippen LogP contribution in [0.3, 0.4) is 0 Å². The van der Waals surface area contributed by atoms with Gasteiger partial charge in [0, 0.05) is 17.7 Å². The summed E-state index contributed by atoms with van der Waals surface area (Å²) in [6, 6.07) is 2.62. The molecule has 0 aliphatic carbocycles. The maximum atomic E-state index is 14.5. The number of hydrogen-bond donors (Lipinski definition) is 2. The Morgan fingerprint density at radius 2 is 2.17 bits per heavy atom. The number of amidine groups is 1. The van der Waals surface area contributed by atoms with Gasteiger partial charge in [-0.05, 0) is 25.1 Å². The Kier molecular flexibility index (Phi) is 5.42. The average Bonchev–Trinajstić information content (AvgIpc) is 3.10. The fraction of sp³-hybridized carbons (Fsp3) is 0.333. The summed E-state index contributed by atoms with van der Waals surface area (Å²) in [5.74, 6) is -5.18. The van der Waals surface area contributed by atoms with Crippen LogP contribution < -0.4 is 15.8 Å². The lowest BCUT2D eigenvalue weighted by Crippen LogP contribution is -2.51. The van der Waals surface area contributed by atoms with E-state index in [2.05, 4.69) is 24.8 Å². The SMILES string of the molecule is CCc1oc(OC=O)nc1C(=O)Nc1ccc(F)c(C2(C)N=C(N)OCC2(F)F)c1. The lowest BCUT2D eigenvalue weighted by Gasteiger charge is -2.37. The van der Waals surface area contributed by atoms with Gasteiger partial charge in [0.2, 0.25) is 0 Å². The molecule has 0 radical (unpaired) electrons. The maximum absolute atomic E-state index is 14.5. The highest BCUT2D eigenvalue weighted by atomic mass is 19.3. The van der Waals surface area contributed by atoms with Crippen molar-refractivity contribution in [2.24, 2.45) is 10.7 Å². The number of benzene rings is 1. The number of rotatable bonds is 6. The third-order valence-electron chi connectivity index (χ3n) is 4.56. The highest BCUT2D eigenvalue weighted by molar-refractivity contribution is 6.03. The number of alkyl halides is 2. The fourth-order valence-corrected chi connectivity index (χ4v) is 2.90. The first-order chi connectivity index (χ1) is 14.1. The van der Waals surface area contributed by atoms with Crippen LogP contribution in [0.5, 0.6) is 6.08 Å². The number of hydrogen-bond acceptors (Lipinski definition) is 8. The molecule has 0 bridgehead atoms. The smallest absolute Gasteiger partial charge is 0.402 e. The third-order valence-corrected chi connectivity index (χ3v) is 4.56. The van der Waals surface area contributed by atoms with Crippen molar-refractivity contribution in [2.75, 3.05) is 11.9 Å². The van der Waals surface area contributed by atoms with Crippen LogP contribution in [0.15, 0.2) is 27.6 Å². The molecule has 2 aromatic rings. The molecule has 2 heterocycles. The van der Waals surface area contributed by atoms with Crippen LogP contribution in [0.25, 0.3) is 0 Å². The van der Waals surface area contributed by atoms with Gasteiger partial charge in [-0.1, -0.05) is 6.92 Å². The van der Waals surface area contributed by atoms with Crippen LogP contribution in [0, 0.1) is 5.82 Å². The molecule has 0 spiro atoms. The van der Waals surface area contributed by atoms with E-state index >= 15 is 0 Å². The molecular formula is C18H17F3N4O5. The quantitative estimate of drug-likeness (QED) is 0.679. The standard InChI is InChI=1S/C18H17F3N4O5/c1-3-12-13(24-16(30-12)29-8-26)14(27)23-9-4-5-11(19)10(6-9)17(2)18(20,21)7-28-15(22)25-17/h4-6,8H,3,7H2,1-2H3,(H2,22,25)(H,23,27). The number of aryl methyl sites for hydroxylation is 1. The van der Waals surface area contributed by atoms with Crippen LogP contribution in [0.4, 0.5) is 18.9 Å². The topological polar surface area (TPSA) is 129 Å². The molecule has 1 aliphatic rings. The molecule has 0 fully saturated rings. The molecule has 1 aromatic heterocycles. The molecule has 1 unspecified atom stereocenters. The molecule has 160 valence electrons. The number of ether oxygens (including phenoxy) is 2. The molecular weight excluding hydrogens is 409 g/mol. The van der Waals surface area contributed by atoms with E-state index in [1.807, 2.05) is 0 Å². The number of nitrogens with two attached hydrogens (primary N) is 1. The fourth-order valence-electron chi connectivity index (χ4n) is 2.90. The summed E-state index contributed by atoms with van der Waals surface area (Å²) in [5.41, 5.74) is 2.40. The number of oxazole rings is 1. The second-order valence-corrected chi connectivity index (χ2v) is 6.48. The number of aromatic nitrogens is 1. The molecule has 0 saturated heterocycles. The van der Waals surface area contributed by atoms with Crippen molar-refractivity contribution in [3.63, 3.8) is 0 Å². The van der Waals surface area contributed by atoms with E-state index in [9.17, 15) is 22.8 Å². The summed E-state index contributed by atoms with van der Waals surface area (Å²) >= 11 is 0. The van der Waals surface area contributed by atoms with E-state index in [4.69, 9.17) is 10.2 Å². The third kappa shape index (κ3) is 3.67. The van der Waals surface area contributed by atoms with Crippen molar-refractivity contribution < 1.29 is 36.7 Å². The Balaban J connectivity index is 1.96. The highest BCUT2D eigenvalue weighted by Gasteiger charge is 2.56. The van der Waals surface area contributed by atoms with Crippen LogP contribution in [0.1, 0.15) is 35.7 Å². The molecule has 9 nitrogen and oxygen atoms in total. The van der Waals surface area contributed by atoms with Crippen molar-refractivity contribution in [1.82, 2.24) is 4.98 Å². The maximum Gasteiger partial charge on any atom is 0.402 e. The highest BCUT2D eigenvalue weighted by Crippen LogP contribution is 2.44. The Morgan fingerprint density at radius 3 is 2.83 bits per heavy atom. The number of nitrogens with zero attached hydrogens (tertiary/aromatic N) is 2. The van der Waals surface area contributed by atoms with E-state index in [-0.39, 0.29) is 30.0 Å². The molecule has 1 aromatic carbocycles. The van der Waals surface area contributed by atoms with Gasteiger partial charge in [-0.25, -0.2) is 9.38 Å². The summed E-state index contributed by atoms with van der Waals surface area (Å²) < 4.78 is 57.7. The molecule has 1 atom stereocenters. The van der Waals surface area contributed by atoms with Gasteiger partial charge in [0.15, 0.2) is 17.8 Å². The Morgan fingerprint density at radius 1 is 1.43 bits per heavy atom. The first-order valence-electron chi connectivity index (χ1n) is 8.68. The number of halogens is 3. The van der Waals surface area contributed by atoms with Gasteiger partial charge in [-0.2, -0.15) is 13.8 Å². The van der Waals surface area contributed by atoms with Gasteiger partial charge in [0.05, 0.1) is 0 Å². The zero-order chi connectivity index (χ0) is 22.1. The van der Waals surface area contributed by atoms with Gasteiger partial charge in [-0.15, -0.1) is 0 Å².